The average Bonchev–Trinajstić information content (AvgIpc) is 2.81. The first-order valence-electron chi connectivity index (χ1n) is 7.28. The highest BCUT2D eigenvalue weighted by molar-refractivity contribution is 5.83. The zero-order chi connectivity index (χ0) is 14.5. The van der Waals surface area contributed by atoms with Crippen molar-refractivity contribution in [2.45, 2.75) is 39.8 Å². The number of hydrogen-bond acceptors (Lipinski definition) is 4. The van der Waals surface area contributed by atoms with E-state index in [2.05, 4.69) is 43.2 Å². The molecular formula is C16H24N2O2. The Balaban J connectivity index is 2.46. The summed E-state index contributed by atoms with van der Waals surface area (Å²) in [7, 11) is 4.12. The Morgan fingerprint density at radius 1 is 1.25 bits per heavy atom. The second kappa shape index (κ2) is 6.86. The average molecular weight is 276 g/mol. The SMILES string of the molecule is CCCc1noc2c(CN(C)C)c(COCC)ccc12. The van der Waals surface area contributed by atoms with Gasteiger partial charge in [0, 0.05) is 24.1 Å². The van der Waals surface area contributed by atoms with Crippen LogP contribution in [-0.2, 0) is 24.3 Å². The Labute approximate surface area is 120 Å². The van der Waals surface area contributed by atoms with Crippen LogP contribution in [0.5, 0.6) is 0 Å². The molecule has 0 saturated heterocycles. The van der Waals surface area contributed by atoms with Gasteiger partial charge in [-0.25, -0.2) is 0 Å². The lowest BCUT2D eigenvalue weighted by Gasteiger charge is -2.14. The summed E-state index contributed by atoms with van der Waals surface area (Å²) < 4.78 is 11.2. The Morgan fingerprint density at radius 3 is 2.70 bits per heavy atom. The van der Waals surface area contributed by atoms with E-state index in [1.54, 1.807) is 0 Å². The molecule has 0 radical (unpaired) electrons. The minimum Gasteiger partial charge on any atom is -0.377 e. The molecule has 0 aliphatic carbocycles. The summed E-state index contributed by atoms with van der Waals surface area (Å²) in [6, 6.07) is 4.26. The van der Waals surface area contributed by atoms with Crippen molar-refractivity contribution < 1.29 is 9.26 Å². The first kappa shape index (κ1) is 15.0. The number of aryl methyl sites for hydroxylation is 1. The third-order valence-corrected chi connectivity index (χ3v) is 3.34. The maximum absolute atomic E-state index is 5.62. The monoisotopic (exact) mass is 276 g/mol. The van der Waals surface area contributed by atoms with Gasteiger partial charge in [-0.3, -0.25) is 0 Å². The van der Waals surface area contributed by atoms with Crippen molar-refractivity contribution >= 4 is 11.0 Å². The van der Waals surface area contributed by atoms with Gasteiger partial charge in [0.05, 0.1) is 12.3 Å². The van der Waals surface area contributed by atoms with Crippen molar-refractivity contribution in [2.75, 3.05) is 20.7 Å². The molecule has 1 aromatic carbocycles. The third-order valence-electron chi connectivity index (χ3n) is 3.34. The molecule has 4 nitrogen and oxygen atoms in total. The van der Waals surface area contributed by atoms with Gasteiger partial charge >= 0.3 is 0 Å². The predicted molar refractivity (Wildman–Crippen MR) is 80.7 cm³/mol. The zero-order valence-electron chi connectivity index (χ0n) is 12.9. The van der Waals surface area contributed by atoms with E-state index < -0.39 is 0 Å². The summed E-state index contributed by atoms with van der Waals surface area (Å²) in [6.45, 7) is 6.35. The minimum absolute atomic E-state index is 0.624. The summed E-state index contributed by atoms with van der Waals surface area (Å²) in [4.78, 5) is 2.15. The smallest absolute Gasteiger partial charge is 0.171 e. The first-order chi connectivity index (χ1) is 9.67. The first-order valence-corrected chi connectivity index (χ1v) is 7.28. The van der Waals surface area contributed by atoms with Gasteiger partial charge in [0.2, 0.25) is 0 Å². The van der Waals surface area contributed by atoms with Crippen LogP contribution < -0.4 is 0 Å². The second-order valence-electron chi connectivity index (χ2n) is 5.33. The molecule has 0 spiro atoms. The van der Waals surface area contributed by atoms with Crippen LogP contribution in [0.2, 0.25) is 0 Å². The maximum Gasteiger partial charge on any atom is 0.171 e. The molecule has 4 heteroatoms. The Hall–Kier alpha value is -1.39. The van der Waals surface area contributed by atoms with Crippen molar-refractivity contribution in [2.24, 2.45) is 0 Å². The molecule has 0 atom stereocenters. The fourth-order valence-corrected chi connectivity index (χ4v) is 2.40. The van der Waals surface area contributed by atoms with Crippen LogP contribution in [-0.4, -0.2) is 30.8 Å². The number of ether oxygens (including phenoxy) is 1. The molecule has 0 unspecified atom stereocenters. The molecule has 0 amide bonds. The molecule has 20 heavy (non-hydrogen) atoms. The highest BCUT2D eigenvalue weighted by Crippen LogP contribution is 2.27. The van der Waals surface area contributed by atoms with Crippen LogP contribution in [0.3, 0.4) is 0 Å². The van der Waals surface area contributed by atoms with Gasteiger partial charge in [0.1, 0.15) is 0 Å². The second-order valence-corrected chi connectivity index (χ2v) is 5.33. The van der Waals surface area contributed by atoms with E-state index in [4.69, 9.17) is 9.26 Å². The van der Waals surface area contributed by atoms with Gasteiger partial charge in [0.15, 0.2) is 5.58 Å². The minimum atomic E-state index is 0.624. The summed E-state index contributed by atoms with van der Waals surface area (Å²) in [6.07, 6.45) is 2.03. The van der Waals surface area contributed by atoms with E-state index in [9.17, 15) is 0 Å². The van der Waals surface area contributed by atoms with Gasteiger partial charge in [-0.15, -0.1) is 0 Å². The highest BCUT2D eigenvalue weighted by atomic mass is 16.5. The molecule has 1 aromatic heterocycles. The summed E-state index contributed by atoms with van der Waals surface area (Å²) >= 11 is 0. The van der Waals surface area contributed by atoms with Crippen molar-refractivity contribution in [1.82, 2.24) is 10.1 Å². The lowest BCUT2D eigenvalue weighted by Crippen LogP contribution is -2.13. The third kappa shape index (κ3) is 3.19. The van der Waals surface area contributed by atoms with Crippen molar-refractivity contribution in [3.8, 4) is 0 Å². The predicted octanol–water partition coefficient (Wildman–Crippen LogP) is 3.38. The number of nitrogens with zero attached hydrogens (tertiary/aromatic N) is 2. The van der Waals surface area contributed by atoms with Crippen LogP contribution in [0, 0.1) is 0 Å². The van der Waals surface area contributed by atoms with Crippen LogP contribution in [0.1, 0.15) is 37.1 Å². The lowest BCUT2D eigenvalue weighted by atomic mass is 10.0. The van der Waals surface area contributed by atoms with Crippen LogP contribution in [0.25, 0.3) is 11.0 Å². The van der Waals surface area contributed by atoms with E-state index in [0.29, 0.717) is 6.61 Å². The topological polar surface area (TPSA) is 38.5 Å². The summed E-state index contributed by atoms with van der Waals surface area (Å²) in [5.41, 5.74) is 4.35. The van der Waals surface area contributed by atoms with E-state index >= 15 is 0 Å². The fourth-order valence-electron chi connectivity index (χ4n) is 2.40. The zero-order valence-corrected chi connectivity index (χ0v) is 12.9. The van der Waals surface area contributed by atoms with Crippen molar-refractivity contribution in [1.29, 1.82) is 0 Å². The number of fused-ring (bicyclic) bond motifs is 1. The van der Waals surface area contributed by atoms with Crippen LogP contribution >= 0.6 is 0 Å². The van der Waals surface area contributed by atoms with Crippen molar-refractivity contribution in [3.63, 3.8) is 0 Å². The maximum atomic E-state index is 5.62. The largest absolute Gasteiger partial charge is 0.377 e. The van der Waals surface area contributed by atoms with Gasteiger partial charge in [-0.1, -0.05) is 24.6 Å². The number of benzene rings is 1. The van der Waals surface area contributed by atoms with Crippen molar-refractivity contribution in [3.05, 3.63) is 29.0 Å². The Kier molecular flexibility index (Phi) is 5.15. The molecule has 0 fully saturated rings. The molecule has 0 aliphatic heterocycles. The fraction of sp³-hybridized carbons (Fsp3) is 0.562. The van der Waals surface area contributed by atoms with E-state index in [1.165, 1.54) is 11.1 Å². The molecule has 2 rings (SSSR count). The summed E-state index contributed by atoms with van der Waals surface area (Å²) in [5, 5.41) is 5.38. The normalized spacial score (nSPS) is 11.7. The molecule has 0 N–H and O–H groups in total. The summed E-state index contributed by atoms with van der Waals surface area (Å²) in [5.74, 6) is 0. The number of aromatic nitrogens is 1. The van der Waals surface area contributed by atoms with E-state index in [0.717, 1.165) is 42.7 Å². The van der Waals surface area contributed by atoms with Gasteiger partial charge in [-0.2, -0.15) is 0 Å². The molecular weight excluding hydrogens is 252 g/mol. The number of rotatable bonds is 7. The Bertz CT molecular complexity index is 561. The van der Waals surface area contributed by atoms with Gasteiger partial charge in [0.25, 0.3) is 0 Å². The number of hydrogen-bond donors (Lipinski definition) is 0. The highest BCUT2D eigenvalue weighted by Gasteiger charge is 2.16. The molecule has 2 aromatic rings. The van der Waals surface area contributed by atoms with E-state index in [1.807, 2.05) is 6.92 Å². The standard InChI is InChI=1S/C16H24N2O2/c1-5-7-15-13-9-8-12(11-19-6-2)14(10-18(3)4)16(13)20-17-15/h8-9H,5-7,10-11H2,1-4H3. The quantitative estimate of drug-likeness (QED) is 0.777. The van der Waals surface area contributed by atoms with Crippen LogP contribution in [0.4, 0.5) is 0 Å². The van der Waals surface area contributed by atoms with E-state index in [-0.39, 0.29) is 0 Å². The van der Waals surface area contributed by atoms with Crippen LogP contribution in [0.15, 0.2) is 16.7 Å². The molecule has 0 saturated carbocycles. The Morgan fingerprint density at radius 2 is 2.05 bits per heavy atom. The molecule has 0 bridgehead atoms. The molecule has 1 heterocycles. The molecule has 0 aliphatic rings. The molecule has 110 valence electrons. The van der Waals surface area contributed by atoms with Gasteiger partial charge < -0.3 is 14.2 Å². The van der Waals surface area contributed by atoms with Gasteiger partial charge in [-0.05, 0) is 39.1 Å². The lowest BCUT2D eigenvalue weighted by molar-refractivity contribution is 0.133.